The van der Waals surface area contributed by atoms with E-state index in [0.717, 1.165) is 25.7 Å². The standard InChI is InChI=1S/C8H15NO2/c1-9-7-2-4-8(5-3-7)11-6-10/h6-9H,2-5H2,1H3. The van der Waals surface area contributed by atoms with Gasteiger partial charge in [0, 0.05) is 6.04 Å². The van der Waals surface area contributed by atoms with Crippen molar-refractivity contribution in [3.63, 3.8) is 0 Å². The first kappa shape index (κ1) is 8.53. The summed E-state index contributed by atoms with van der Waals surface area (Å²) in [6, 6.07) is 0.626. The molecule has 11 heavy (non-hydrogen) atoms. The third-order valence-electron chi connectivity index (χ3n) is 2.33. The van der Waals surface area contributed by atoms with Crippen LogP contribution in [0.5, 0.6) is 0 Å². The number of hydrogen-bond acceptors (Lipinski definition) is 3. The van der Waals surface area contributed by atoms with Crippen LogP contribution < -0.4 is 5.32 Å². The molecule has 0 radical (unpaired) electrons. The molecule has 3 nitrogen and oxygen atoms in total. The molecule has 64 valence electrons. The SMILES string of the molecule is CNC1CCC(OC=O)CC1. The molecule has 0 bridgehead atoms. The molecule has 1 fully saturated rings. The Morgan fingerprint density at radius 2 is 2.00 bits per heavy atom. The molecule has 0 aromatic rings. The second-order valence-corrected chi connectivity index (χ2v) is 2.99. The van der Waals surface area contributed by atoms with Crippen LogP contribution in [-0.2, 0) is 9.53 Å². The maximum absolute atomic E-state index is 9.99. The predicted molar refractivity (Wildman–Crippen MR) is 42.3 cm³/mol. The van der Waals surface area contributed by atoms with Crippen LogP contribution in [0.3, 0.4) is 0 Å². The molecule has 0 amide bonds. The zero-order valence-electron chi connectivity index (χ0n) is 6.88. The zero-order valence-corrected chi connectivity index (χ0v) is 6.88. The number of rotatable bonds is 3. The second-order valence-electron chi connectivity index (χ2n) is 2.99. The van der Waals surface area contributed by atoms with Crippen molar-refractivity contribution in [1.29, 1.82) is 0 Å². The normalized spacial score (nSPS) is 31.4. The Bertz CT molecular complexity index is 119. The molecule has 1 N–H and O–H groups in total. The summed E-state index contributed by atoms with van der Waals surface area (Å²) < 4.78 is 4.87. The van der Waals surface area contributed by atoms with Gasteiger partial charge in [-0.2, -0.15) is 0 Å². The number of carbonyl (C=O) groups is 1. The molecular formula is C8H15NO2. The lowest BCUT2D eigenvalue weighted by atomic mass is 9.93. The lowest BCUT2D eigenvalue weighted by Crippen LogP contribution is -2.32. The van der Waals surface area contributed by atoms with Gasteiger partial charge in [0.15, 0.2) is 0 Å². The average Bonchev–Trinajstić information content (AvgIpc) is 2.07. The Balaban J connectivity index is 2.18. The van der Waals surface area contributed by atoms with Crippen LogP contribution in [-0.4, -0.2) is 25.7 Å². The molecule has 1 saturated carbocycles. The Morgan fingerprint density at radius 1 is 1.36 bits per heavy atom. The van der Waals surface area contributed by atoms with Crippen molar-refractivity contribution in [2.45, 2.75) is 37.8 Å². The van der Waals surface area contributed by atoms with Gasteiger partial charge in [-0.15, -0.1) is 0 Å². The molecule has 0 saturated heterocycles. The Kier molecular flexibility index (Phi) is 3.36. The van der Waals surface area contributed by atoms with Gasteiger partial charge in [-0.25, -0.2) is 0 Å². The highest BCUT2D eigenvalue weighted by Crippen LogP contribution is 2.19. The molecule has 0 unspecified atom stereocenters. The van der Waals surface area contributed by atoms with Crippen molar-refractivity contribution in [1.82, 2.24) is 5.32 Å². The maximum Gasteiger partial charge on any atom is 0.293 e. The van der Waals surface area contributed by atoms with E-state index in [4.69, 9.17) is 4.74 Å². The van der Waals surface area contributed by atoms with Crippen LogP contribution in [0, 0.1) is 0 Å². The quantitative estimate of drug-likeness (QED) is 0.612. The summed E-state index contributed by atoms with van der Waals surface area (Å²) in [5.74, 6) is 0. The second kappa shape index (κ2) is 4.34. The van der Waals surface area contributed by atoms with Gasteiger partial charge >= 0.3 is 0 Å². The van der Waals surface area contributed by atoms with E-state index in [1.165, 1.54) is 0 Å². The Hall–Kier alpha value is -0.570. The van der Waals surface area contributed by atoms with E-state index in [-0.39, 0.29) is 6.10 Å². The van der Waals surface area contributed by atoms with Gasteiger partial charge in [0.1, 0.15) is 6.10 Å². The van der Waals surface area contributed by atoms with Gasteiger partial charge in [-0.3, -0.25) is 4.79 Å². The molecular weight excluding hydrogens is 142 g/mol. The molecule has 0 aliphatic heterocycles. The number of carbonyl (C=O) groups excluding carboxylic acids is 1. The number of hydrogen-bond donors (Lipinski definition) is 1. The van der Waals surface area contributed by atoms with Crippen molar-refractivity contribution >= 4 is 6.47 Å². The summed E-state index contributed by atoms with van der Waals surface area (Å²) >= 11 is 0. The summed E-state index contributed by atoms with van der Waals surface area (Å²) in [5, 5.41) is 3.22. The molecule has 0 heterocycles. The van der Waals surface area contributed by atoms with Crippen LogP contribution in [0.4, 0.5) is 0 Å². The first-order valence-corrected chi connectivity index (χ1v) is 4.13. The number of nitrogens with one attached hydrogen (secondary N) is 1. The first-order valence-electron chi connectivity index (χ1n) is 4.13. The molecule has 0 atom stereocenters. The van der Waals surface area contributed by atoms with Crippen molar-refractivity contribution in [3.8, 4) is 0 Å². The Labute approximate surface area is 67.1 Å². The minimum Gasteiger partial charge on any atom is -0.465 e. The van der Waals surface area contributed by atoms with Crippen molar-refractivity contribution in [2.24, 2.45) is 0 Å². The van der Waals surface area contributed by atoms with E-state index < -0.39 is 0 Å². The van der Waals surface area contributed by atoms with E-state index in [0.29, 0.717) is 12.5 Å². The summed E-state index contributed by atoms with van der Waals surface area (Å²) in [6.07, 6.45) is 4.43. The minimum atomic E-state index is 0.178. The fraction of sp³-hybridized carbons (Fsp3) is 0.875. The first-order chi connectivity index (χ1) is 5.36. The molecule has 0 spiro atoms. The highest BCUT2D eigenvalue weighted by atomic mass is 16.5. The van der Waals surface area contributed by atoms with Crippen LogP contribution in [0.25, 0.3) is 0 Å². The van der Waals surface area contributed by atoms with Gasteiger partial charge in [0.2, 0.25) is 0 Å². The molecule has 0 aromatic heterocycles. The van der Waals surface area contributed by atoms with E-state index in [9.17, 15) is 4.79 Å². The highest BCUT2D eigenvalue weighted by Gasteiger charge is 2.20. The van der Waals surface area contributed by atoms with Gasteiger partial charge < -0.3 is 10.1 Å². The van der Waals surface area contributed by atoms with E-state index >= 15 is 0 Å². The smallest absolute Gasteiger partial charge is 0.293 e. The molecule has 1 aliphatic carbocycles. The van der Waals surface area contributed by atoms with Gasteiger partial charge in [0.05, 0.1) is 0 Å². The fourth-order valence-corrected chi connectivity index (χ4v) is 1.57. The number of ether oxygens (including phenoxy) is 1. The monoisotopic (exact) mass is 157 g/mol. The Morgan fingerprint density at radius 3 is 2.45 bits per heavy atom. The van der Waals surface area contributed by atoms with E-state index in [1.54, 1.807) is 0 Å². The van der Waals surface area contributed by atoms with Gasteiger partial charge in [-0.05, 0) is 32.7 Å². The molecule has 0 aromatic carbocycles. The highest BCUT2D eigenvalue weighted by molar-refractivity contribution is 5.37. The zero-order chi connectivity index (χ0) is 8.10. The van der Waals surface area contributed by atoms with Crippen LogP contribution in [0.1, 0.15) is 25.7 Å². The molecule has 3 heteroatoms. The van der Waals surface area contributed by atoms with Crippen molar-refractivity contribution < 1.29 is 9.53 Å². The summed E-state index contributed by atoms with van der Waals surface area (Å²) in [5.41, 5.74) is 0. The lowest BCUT2D eigenvalue weighted by molar-refractivity contribution is -0.135. The van der Waals surface area contributed by atoms with Gasteiger partial charge in [0.25, 0.3) is 6.47 Å². The summed E-state index contributed by atoms with van der Waals surface area (Å²) in [4.78, 5) is 9.99. The molecule has 1 rings (SSSR count). The topological polar surface area (TPSA) is 38.3 Å². The average molecular weight is 157 g/mol. The van der Waals surface area contributed by atoms with Crippen LogP contribution >= 0.6 is 0 Å². The van der Waals surface area contributed by atoms with Crippen molar-refractivity contribution in [3.05, 3.63) is 0 Å². The lowest BCUT2D eigenvalue weighted by Gasteiger charge is -2.26. The third kappa shape index (κ3) is 2.50. The fourth-order valence-electron chi connectivity index (χ4n) is 1.57. The predicted octanol–water partition coefficient (Wildman–Crippen LogP) is 0.690. The van der Waals surface area contributed by atoms with E-state index in [1.807, 2.05) is 7.05 Å². The van der Waals surface area contributed by atoms with Crippen LogP contribution in [0.15, 0.2) is 0 Å². The molecule has 1 aliphatic rings. The maximum atomic E-state index is 9.99. The van der Waals surface area contributed by atoms with E-state index in [2.05, 4.69) is 5.32 Å². The van der Waals surface area contributed by atoms with Gasteiger partial charge in [-0.1, -0.05) is 0 Å². The van der Waals surface area contributed by atoms with Crippen molar-refractivity contribution in [2.75, 3.05) is 7.05 Å². The van der Waals surface area contributed by atoms with Crippen LogP contribution in [0.2, 0.25) is 0 Å². The summed E-state index contributed by atoms with van der Waals surface area (Å²) in [7, 11) is 1.98. The minimum absolute atomic E-state index is 0.178. The summed E-state index contributed by atoms with van der Waals surface area (Å²) in [6.45, 7) is 0.560. The largest absolute Gasteiger partial charge is 0.465 e. The third-order valence-corrected chi connectivity index (χ3v) is 2.33.